The molecule has 0 aliphatic rings. The van der Waals surface area contributed by atoms with Gasteiger partial charge in [-0.1, -0.05) is 42.5 Å². The summed E-state index contributed by atoms with van der Waals surface area (Å²) in [7, 11) is 0. The zero-order chi connectivity index (χ0) is 22.6. The molecule has 0 atom stereocenters. The van der Waals surface area contributed by atoms with E-state index in [2.05, 4.69) is 10.3 Å². The van der Waals surface area contributed by atoms with Gasteiger partial charge in [0.15, 0.2) is 5.58 Å². The fourth-order valence-corrected chi connectivity index (χ4v) is 3.53. The van der Waals surface area contributed by atoms with Gasteiger partial charge in [-0.05, 0) is 72.6 Å². The Hall–Kier alpha value is -4.38. The van der Waals surface area contributed by atoms with Crippen molar-refractivity contribution < 1.29 is 13.9 Å². The molecule has 0 aliphatic heterocycles. The zero-order valence-corrected chi connectivity index (χ0v) is 18.1. The van der Waals surface area contributed by atoms with Crippen molar-refractivity contribution in [1.29, 1.82) is 0 Å². The summed E-state index contributed by atoms with van der Waals surface area (Å²) in [6.45, 7) is 2.47. The van der Waals surface area contributed by atoms with Gasteiger partial charge in [0.25, 0.3) is 5.91 Å². The summed E-state index contributed by atoms with van der Waals surface area (Å²) in [5.74, 6) is 0.995. The molecule has 0 spiro atoms. The Morgan fingerprint density at radius 3 is 2.55 bits per heavy atom. The van der Waals surface area contributed by atoms with E-state index in [1.54, 1.807) is 12.1 Å². The molecule has 1 heterocycles. The van der Waals surface area contributed by atoms with Gasteiger partial charge in [-0.3, -0.25) is 4.79 Å². The number of fused-ring (bicyclic) bond motifs is 1. The van der Waals surface area contributed by atoms with E-state index in [0.29, 0.717) is 29.5 Å². The average Bonchev–Trinajstić information content (AvgIpc) is 3.27. The number of ether oxygens (including phenoxy) is 1. The van der Waals surface area contributed by atoms with E-state index in [9.17, 15) is 4.79 Å². The van der Waals surface area contributed by atoms with Crippen LogP contribution >= 0.6 is 0 Å². The molecule has 1 amide bonds. The summed E-state index contributed by atoms with van der Waals surface area (Å²) in [5.41, 5.74) is 5.85. The van der Waals surface area contributed by atoms with Gasteiger partial charge in [0, 0.05) is 16.8 Å². The second kappa shape index (κ2) is 9.01. The third kappa shape index (κ3) is 4.77. The van der Waals surface area contributed by atoms with Crippen LogP contribution in [0.3, 0.4) is 0 Å². The van der Waals surface area contributed by atoms with Crippen LogP contribution in [0.2, 0.25) is 0 Å². The molecular formula is C28H22N2O3. The molecule has 162 valence electrons. The second-order valence-corrected chi connectivity index (χ2v) is 7.82. The fourth-order valence-electron chi connectivity index (χ4n) is 3.53. The average molecular weight is 434 g/mol. The Balaban J connectivity index is 1.26. The van der Waals surface area contributed by atoms with E-state index in [0.717, 1.165) is 27.8 Å². The van der Waals surface area contributed by atoms with Crippen molar-refractivity contribution in [3.05, 3.63) is 114 Å². The highest BCUT2D eigenvalue weighted by Gasteiger charge is 2.11. The summed E-state index contributed by atoms with van der Waals surface area (Å²) in [5, 5.41) is 2.93. The van der Waals surface area contributed by atoms with Crippen LogP contribution in [-0.2, 0) is 6.61 Å². The predicted octanol–water partition coefficient (Wildman–Crippen LogP) is 6.63. The monoisotopic (exact) mass is 434 g/mol. The number of carbonyl (C=O) groups is 1. The molecule has 0 saturated heterocycles. The highest BCUT2D eigenvalue weighted by atomic mass is 16.5. The number of carbonyl (C=O) groups excluding carboxylic acids is 1. The Labute approximate surface area is 191 Å². The number of hydrogen-bond donors (Lipinski definition) is 1. The molecule has 5 aromatic rings. The molecule has 0 fully saturated rings. The fraction of sp³-hybridized carbons (Fsp3) is 0.0714. The third-order valence-electron chi connectivity index (χ3n) is 5.28. The van der Waals surface area contributed by atoms with Crippen molar-refractivity contribution in [3.8, 4) is 17.2 Å². The summed E-state index contributed by atoms with van der Waals surface area (Å²) in [6, 6.07) is 30.4. The van der Waals surface area contributed by atoms with Crippen LogP contribution in [-0.4, -0.2) is 10.9 Å². The molecule has 0 saturated carbocycles. The Morgan fingerprint density at radius 1 is 0.909 bits per heavy atom. The van der Waals surface area contributed by atoms with Gasteiger partial charge in [-0.15, -0.1) is 0 Å². The first-order valence-electron chi connectivity index (χ1n) is 10.7. The van der Waals surface area contributed by atoms with Crippen molar-refractivity contribution in [3.63, 3.8) is 0 Å². The molecule has 33 heavy (non-hydrogen) atoms. The smallest absolute Gasteiger partial charge is 0.255 e. The molecular weight excluding hydrogens is 412 g/mol. The normalized spacial score (nSPS) is 10.8. The standard InChI is InChI=1S/C28H22N2O3/c1-19-10-15-26-25(16-19)30-28(33-26)21-11-13-23(14-12-21)29-27(31)22-8-5-9-24(17-22)32-18-20-6-3-2-4-7-20/h2-17H,18H2,1H3,(H,29,31). The van der Waals surface area contributed by atoms with Gasteiger partial charge in [0.2, 0.25) is 5.89 Å². The highest BCUT2D eigenvalue weighted by Crippen LogP contribution is 2.26. The molecule has 5 nitrogen and oxygen atoms in total. The third-order valence-corrected chi connectivity index (χ3v) is 5.28. The largest absolute Gasteiger partial charge is 0.489 e. The summed E-state index contributed by atoms with van der Waals surface area (Å²) < 4.78 is 11.7. The van der Waals surface area contributed by atoms with E-state index >= 15 is 0 Å². The lowest BCUT2D eigenvalue weighted by Crippen LogP contribution is -2.11. The number of oxazole rings is 1. The SMILES string of the molecule is Cc1ccc2oc(-c3ccc(NC(=O)c4cccc(OCc5ccccc5)c4)cc3)nc2c1. The minimum Gasteiger partial charge on any atom is -0.489 e. The molecule has 0 radical (unpaired) electrons. The van der Waals surface area contributed by atoms with Crippen LogP contribution in [0.5, 0.6) is 5.75 Å². The van der Waals surface area contributed by atoms with Gasteiger partial charge in [0.1, 0.15) is 17.9 Å². The minimum absolute atomic E-state index is 0.203. The number of hydrogen-bond acceptors (Lipinski definition) is 4. The lowest BCUT2D eigenvalue weighted by molar-refractivity contribution is 0.102. The van der Waals surface area contributed by atoms with Crippen LogP contribution in [0, 0.1) is 6.92 Å². The van der Waals surface area contributed by atoms with Gasteiger partial charge in [-0.2, -0.15) is 0 Å². The van der Waals surface area contributed by atoms with Gasteiger partial charge in [0.05, 0.1) is 0 Å². The summed E-state index contributed by atoms with van der Waals surface area (Å²) in [6.07, 6.45) is 0. The van der Waals surface area contributed by atoms with E-state index in [1.165, 1.54) is 0 Å². The lowest BCUT2D eigenvalue weighted by atomic mass is 10.1. The van der Waals surface area contributed by atoms with Crippen molar-refractivity contribution in [2.24, 2.45) is 0 Å². The highest BCUT2D eigenvalue weighted by molar-refractivity contribution is 6.04. The number of anilines is 1. The van der Waals surface area contributed by atoms with Gasteiger partial charge >= 0.3 is 0 Å². The molecule has 0 bridgehead atoms. The predicted molar refractivity (Wildman–Crippen MR) is 129 cm³/mol. The first kappa shape index (κ1) is 20.5. The van der Waals surface area contributed by atoms with Crippen molar-refractivity contribution in [2.45, 2.75) is 13.5 Å². The maximum atomic E-state index is 12.7. The first-order valence-corrected chi connectivity index (χ1v) is 10.7. The van der Waals surface area contributed by atoms with E-state index in [-0.39, 0.29) is 5.91 Å². The summed E-state index contributed by atoms with van der Waals surface area (Å²) >= 11 is 0. The quantitative estimate of drug-likeness (QED) is 0.326. The second-order valence-electron chi connectivity index (χ2n) is 7.82. The zero-order valence-electron chi connectivity index (χ0n) is 18.1. The number of benzene rings is 4. The topological polar surface area (TPSA) is 64.4 Å². The number of rotatable bonds is 6. The molecule has 5 heteroatoms. The summed E-state index contributed by atoms with van der Waals surface area (Å²) in [4.78, 5) is 17.3. The van der Waals surface area contributed by atoms with Crippen molar-refractivity contribution >= 4 is 22.7 Å². The lowest BCUT2D eigenvalue weighted by Gasteiger charge is -2.09. The number of aryl methyl sites for hydroxylation is 1. The van der Waals surface area contributed by atoms with Crippen LogP contribution in [0.1, 0.15) is 21.5 Å². The van der Waals surface area contributed by atoms with E-state index < -0.39 is 0 Å². The number of nitrogens with one attached hydrogen (secondary N) is 1. The Morgan fingerprint density at radius 2 is 1.73 bits per heavy atom. The molecule has 0 aliphatic carbocycles. The number of nitrogens with zero attached hydrogens (tertiary/aromatic N) is 1. The Kier molecular flexibility index (Phi) is 5.60. The van der Waals surface area contributed by atoms with Gasteiger partial charge in [-0.25, -0.2) is 4.98 Å². The van der Waals surface area contributed by atoms with E-state index in [1.807, 2.05) is 91.9 Å². The molecule has 4 aromatic carbocycles. The minimum atomic E-state index is -0.203. The number of amides is 1. The van der Waals surface area contributed by atoms with Crippen LogP contribution in [0.25, 0.3) is 22.6 Å². The van der Waals surface area contributed by atoms with Crippen molar-refractivity contribution in [2.75, 3.05) is 5.32 Å². The Bertz CT molecular complexity index is 1410. The van der Waals surface area contributed by atoms with Gasteiger partial charge < -0.3 is 14.5 Å². The van der Waals surface area contributed by atoms with Crippen LogP contribution in [0.15, 0.2) is 101 Å². The maximum Gasteiger partial charge on any atom is 0.255 e. The van der Waals surface area contributed by atoms with Crippen molar-refractivity contribution in [1.82, 2.24) is 4.98 Å². The molecule has 1 aromatic heterocycles. The molecule has 1 N–H and O–H groups in total. The van der Waals surface area contributed by atoms with Crippen LogP contribution < -0.4 is 10.1 Å². The number of aromatic nitrogens is 1. The van der Waals surface area contributed by atoms with E-state index in [4.69, 9.17) is 9.15 Å². The molecule has 0 unspecified atom stereocenters. The molecule has 5 rings (SSSR count). The van der Waals surface area contributed by atoms with Crippen LogP contribution in [0.4, 0.5) is 5.69 Å². The maximum absolute atomic E-state index is 12.7. The first-order chi connectivity index (χ1) is 16.1.